The summed E-state index contributed by atoms with van der Waals surface area (Å²) in [5.41, 5.74) is 0. The van der Waals surface area contributed by atoms with Crippen molar-refractivity contribution in [2.45, 2.75) is 53.4 Å². The predicted molar refractivity (Wildman–Crippen MR) is 79.1 cm³/mol. The van der Waals surface area contributed by atoms with Crippen molar-refractivity contribution in [3.63, 3.8) is 0 Å². The van der Waals surface area contributed by atoms with Crippen LogP contribution in [0.1, 0.15) is 54.8 Å². The maximum Gasteiger partial charge on any atom is 1.00 e. The first-order chi connectivity index (χ1) is 8.24. The van der Waals surface area contributed by atoms with Crippen LogP contribution >= 0.6 is 7.26 Å². The summed E-state index contributed by atoms with van der Waals surface area (Å²) in [6.45, 7) is 9.48. The van der Waals surface area contributed by atoms with Crippen molar-refractivity contribution >= 4 is 17.7 Å². The van der Waals surface area contributed by atoms with E-state index in [0.717, 1.165) is 0 Å². The standard InChI is InChI=1S/C12H28P.H2O4S/c1-5-9-11-13(7-3,8-4)12-10-6-2;1-5(2,3)4/h5-12H2,1-4H3;(H2,1,2,3,4)/q+1;/p-1. The van der Waals surface area contributed by atoms with Gasteiger partial charge >= 0.3 is 1.43 Å². The molecule has 0 spiro atoms. The van der Waals surface area contributed by atoms with Gasteiger partial charge in [-0.15, -0.1) is 0 Å². The van der Waals surface area contributed by atoms with Crippen LogP contribution in [0.5, 0.6) is 0 Å². The van der Waals surface area contributed by atoms with E-state index in [0.29, 0.717) is 0 Å². The van der Waals surface area contributed by atoms with Gasteiger partial charge in [-0.3, -0.25) is 8.42 Å². The fraction of sp³-hybridized carbons (Fsp3) is 1.00. The number of unbranched alkanes of at least 4 members (excludes halogenated alkanes) is 2. The third kappa shape index (κ3) is 14.4. The Labute approximate surface area is 115 Å². The molecule has 0 aromatic carbocycles. The van der Waals surface area contributed by atoms with E-state index in [9.17, 15) is 0 Å². The Morgan fingerprint density at radius 2 is 1.17 bits per heavy atom. The molecule has 0 aromatic heterocycles. The highest BCUT2D eigenvalue weighted by Gasteiger charge is 2.31. The molecule has 0 amide bonds. The topological polar surface area (TPSA) is 80.3 Å². The molecule has 0 aliphatic rings. The van der Waals surface area contributed by atoms with E-state index in [4.69, 9.17) is 17.5 Å². The SMILES string of the molecule is CCCC[P+](CC)(CC)CCCC.O=S(=O)([O-])[O-].[H+]. The second kappa shape index (κ2) is 11.2. The average Bonchev–Trinajstić information content (AvgIpc) is 2.28. The van der Waals surface area contributed by atoms with Crippen LogP contribution < -0.4 is 0 Å². The summed E-state index contributed by atoms with van der Waals surface area (Å²) >= 11 is 0. The van der Waals surface area contributed by atoms with E-state index < -0.39 is 17.7 Å². The summed E-state index contributed by atoms with van der Waals surface area (Å²) in [5, 5.41) is 0. The van der Waals surface area contributed by atoms with Gasteiger partial charge in [-0.1, -0.05) is 26.7 Å². The minimum atomic E-state index is -5.17. The molecule has 0 rings (SSSR count). The quantitative estimate of drug-likeness (QED) is 0.391. The highest BCUT2D eigenvalue weighted by molar-refractivity contribution is 7.79. The van der Waals surface area contributed by atoms with E-state index in [1.165, 1.54) is 38.0 Å². The second-order valence-corrected chi connectivity index (χ2v) is 10.2. The average molecular weight is 300 g/mol. The zero-order valence-electron chi connectivity index (χ0n) is 13.1. The monoisotopic (exact) mass is 300 g/mol. The molecule has 0 N–H and O–H groups in total. The van der Waals surface area contributed by atoms with Gasteiger partial charge in [-0.05, 0) is 26.7 Å². The third-order valence-electron chi connectivity index (χ3n) is 3.31. The summed E-state index contributed by atoms with van der Waals surface area (Å²) < 4.78 is 34.1. The van der Waals surface area contributed by atoms with Gasteiger partial charge in [0.25, 0.3) is 0 Å². The number of hydrogen-bond donors (Lipinski definition) is 0. The first-order valence-electron chi connectivity index (χ1n) is 6.76. The number of hydrogen-bond acceptors (Lipinski definition) is 4. The maximum atomic E-state index is 8.52. The summed E-state index contributed by atoms with van der Waals surface area (Å²) in [4.78, 5) is 0. The Bertz CT molecular complexity index is 261. The van der Waals surface area contributed by atoms with Gasteiger partial charge in [0.2, 0.25) is 0 Å². The van der Waals surface area contributed by atoms with Crippen molar-refractivity contribution in [2.24, 2.45) is 0 Å². The Hall–Kier alpha value is 0.300. The molecule has 0 bridgehead atoms. The normalized spacial score (nSPS) is 11.9. The molecule has 18 heavy (non-hydrogen) atoms. The van der Waals surface area contributed by atoms with E-state index in [1.54, 1.807) is 12.3 Å². The summed E-state index contributed by atoms with van der Waals surface area (Å²) in [6.07, 6.45) is 11.8. The van der Waals surface area contributed by atoms with Gasteiger partial charge in [0.1, 0.15) is 0 Å². The Morgan fingerprint density at radius 1 is 0.889 bits per heavy atom. The van der Waals surface area contributed by atoms with Crippen LogP contribution in [0.15, 0.2) is 0 Å². The largest absolute Gasteiger partial charge is 1.00 e. The van der Waals surface area contributed by atoms with E-state index in [1.807, 2.05) is 0 Å². The van der Waals surface area contributed by atoms with Crippen molar-refractivity contribution in [2.75, 3.05) is 24.6 Å². The number of rotatable bonds is 8. The maximum absolute atomic E-state index is 8.52. The van der Waals surface area contributed by atoms with Gasteiger partial charge in [0, 0.05) is 17.7 Å². The van der Waals surface area contributed by atoms with Crippen molar-refractivity contribution in [3.05, 3.63) is 0 Å². The summed E-state index contributed by atoms with van der Waals surface area (Å²) in [7, 11) is -5.66. The molecule has 0 saturated heterocycles. The molecule has 0 saturated carbocycles. The molecule has 112 valence electrons. The van der Waals surface area contributed by atoms with E-state index in [2.05, 4.69) is 27.7 Å². The molecular weight excluding hydrogens is 271 g/mol. The highest BCUT2D eigenvalue weighted by Crippen LogP contribution is 2.59. The van der Waals surface area contributed by atoms with Crippen molar-refractivity contribution in [1.82, 2.24) is 0 Å². The first kappa shape index (κ1) is 20.6. The zero-order chi connectivity index (χ0) is 14.7. The Morgan fingerprint density at radius 3 is 1.33 bits per heavy atom. The van der Waals surface area contributed by atoms with Crippen molar-refractivity contribution in [3.8, 4) is 0 Å². The molecule has 0 aliphatic heterocycles. The lowest BCUT2D eigenvalue weighted by atomic mass is 10.4. The molecule has 0 aliphatic carbocycles. The molecular formula is C12H29O4PS. The van der Waals surface area contributed by atoms with Gasteiger partial charge in [-0.25, -0.2) is 0 Å². The van der Waals surface area contributed by atoms with Crippen LogP contribution in [0.4, 0.5) is 0 Å². The molecule has 0 atom stereocenters. The minimum absolute atomic E-state index is 0. The molecule has 0 radical (unpaired) electrons. The molecule has 0 fully saturated rings. The van der Waals surface area contributed by atoms with Crippen LogP contribution in [-0.2, 0) is 10.4 Å². The van der Waals surface area contributed by atoms with Gasteiger partial charge in [0.05, 0.1) is 24.6 Å². The minimum Gasteiger partial charge on any atom is -0.759 e. The van der Waals surface area contributed by atoms with Crippen LogP contribution in [0.2, 0.25) is 0 Å². The fourth-order valence-corrected chi connectivity index (χ4v) is 5.86. The molecule has 0 aromatic rings. The lowest BCUT2D eigenvalue weighted by Crippen LogP contribution is -2.09. The Kier molecular flexibility index (Phi) is 12.8. The van der Waals surface area contributed by atoms with Crippen LogP contribution in [0.25, 0.3) is 0 Å². The Balaban J connectivity index is -0.000000366. The van der Waals surface area contributed by atoms with Crippen molar-refractivity contribution in [1.29, 1.82) is 0 Å². The summed E-state index contributed by atoms with van der Waals surface area (Å²) in [6, 6.07) is 0. The third-order valence-corrected chi connectivity index (χ3v) is 8.53. The van der Waals surface area contributed by atoms with E-state index >= 15 is 0 Å². The first-order valence-corrected chi connectivity index (χ1v) is 10.6. The molecule has 0 heterocycles. The second-order valence-electron chi connectivity index (χ2n) is 4.54. The molecule has 4 nitrogen and oxygen atoms in total. The van der Waals surface area contributed by atoms with Crippen molar-refractivity contribution < 1.29 is 18.9 Å². The predicted octanol–water partition coefficient (Wildman–Crippen LogP) is 3.42. The van der Waals surface area contributed by atoms with Gasteiger partial charge in [0.15, 0.2) is 0 Å². The molecule has 0 unspecified atom stereocenters. The zero-order valence-corrected chi connectivity index (χ0v) is 13.9. The van der Waals surface area contributed by atoms with E-state index in [-0.39, 0.29) is 1.43 Å². The van der Waals surface area contributed by atoms with Gasteiger partial charge < -0.3 is 9.11 Å². The van der Waals surface area contributed by atoms with Crippen LogP contribution in [0.3, 0.4) is 0 Å². The fourth-order valence-electron chi connectivity index (χ4n) is 1.95. The van der Waals surface area contributed by atoms with Gasteiger partial charge in [-0.2, -0.15) is 0 Å². The summed E-state index contributed by atoms with van der Waals surface area (Å²) in [5.74, 6) is 0. The molecule has 6 heteroatoms. The lowest BCUT2D eigenvalue weighted by Gasteiger charge is -2.24. The highest BCUT2D eigenvalue weighted by atomic mass is 32.3. The van der Waals surface area contributed by atoms with Crippen LogP contribution in [-0.4, -0.2) is 42.2 Å². The van der Waals surface area contributed by atoms with Crippen LogP contribution in [0, 0.1) is 0 Å². The smallest absolute Gasteiger partial charge is 0.759 e. The lowest BCUT2D eigenvalue weighted by molar-refractivity contribution is 0.352.